The fourth-order valence-electron chi connectivity index (χ4n) is 0.492. The molecule has 0 atom stereocenters. The number of halogens is 1. The highest BCUT2D eigenvalue weighted by molar-refractivity contribution is 9.09. The van der Waals surface area contributed by atoms with Gasteiger partial charge in [-0.15, -0.1) is 0 Å². The van der Waals surface area contributed by atoms with Gasteiger partial charge in [-0.05, 0) is 13.8 Å². The number of alkyl halides is 1. The van der Waals surface area contributed by atoms with Gasteiger partial charge in [0, 0.05) is 0 Å². The minimum Gasteiger partial charge on any atom is -0.262 e. The van der Waals surface area contributed by atoms with Crippen molar-refractivity contribution < 1.29 is 0 Å². The van der Waals surface area contributed by atoms with E-state index < -0.39 is 0 Å². The van der Waals surface area contributed by atoms with Crippen molar-refractivity contribution in [1.82, 2.24) is 15.2 Å². The van der Waals surface area contributed by atoms with Crippen molar-refractivity contribution >= 4 is 15.9 Å². The Morgan fingerprint density at radius 3 is 2.56 bits per heavy atom. The van der Waals surface area contributed by atoms with E-state index in [1.54, 1.807) is 0 Å². The van der Waals surface area contributed by atoms with Gasteiger partial charge in [-0.3, -0.25) is 5.10 Å². The number of rotatable bonds is 1. The highest BCUT2D eigenvalue weighted by Crippen LogP contribution is 2.25. The van der Waals surface area contributed by atoms with Crippen molar-refractivity contribution in [2.45, 2.75) is 18.2 Å². The second-order valence-corrected chi connectivity index (χ2v) is 4.29. The third-order valence-corrected chi connectivity index (χ3v) is 1.35. The smallest absolute Gasteiger partial charge is 0.140 e. The van der Waals surface area contributed by atoms with E-state index >= 15 is 0 Å². The monoisotopic (exact) mass is 189 g/mol. The van der Waals surface area contributed by atoms with E-state index in [4.69, 9.17) is 0 Å². The first-order valence-corrected chi connectivity index (χ1v) is 3.45. The molecular formula is C5H8BrN3. The van der Waals surface area contributed by atoms with Crippen LogP contribution in [0.3, 0.4) is 0 Å². The van der Waals surface area contributed by atoms with Crippen LogP contribution in [0.15, 0.2) is 6.33 Å². The van der Waals surface area contributed by atoms with Gasteiger partial charge in [0.15, 0.2) is 0 Å². The van der Waals surface area contributed by atoms with Gasteiger partial charge in [-0.2, -0.15) is 5.10 Å². The predicted octanol–water partition coefficient (Wildman–Crippen LogP) is 1.43. The van der Waals surface area contributed by atoms with Crippen molar-refractivity contribution in [2.75, 3.05) is 0 Å². The molecule has 0 bridgehead atoms. The molecule has 1 aromatic heterocycles. The molecule has 0 aliphatic heterocycles. The number of H-pyrrole nitrogens is 1. The lowest BCUT2D eigenvalue weighted by Crippen LogP contribution is -2.08. The Kier molecular flexibility index (Phi) is 1.57. The fourth-order valence-corrected chi connectivity index (χ4v) is 0.683. The molecule has 1 aromatic rings. The molecule has 0 aliphatic rings. The predicted molar refractivity (Wildman–Crippen MR) is 38.3 cm³/mol. The molecule has 0 saturated heterocycles. The Morgan fingerprint density at radius 2 is 2.33 bits per heavy atom. The van der Waals surface area contributed by atoms with E-state index in [1.807, 2.05) is 13.8 Å². The molecule has 0 aromatic carbocycles. The van der Waals surface area contributed by atoms with Crippen molar-refractivity contribution in [2.24, 2.45) is 0 Å². The number of aromatic nitrogens is 3. The third kappa shape index (κ3) is 1.51. The van der Waals surface area contributed by atoms with Crippen molar-refractivity contribution in [1.29, 1.82) is 0 Å². The summed E-state index contributed by atoms with van der Waals surface area (Å²) < 4.78 is -0.0938. The number of hydrogen-bond donors (Lipinski definition) is 1. The minimum atomic E-state index is -0.0938. The van der Waals surface area contributed by atoms with Gasteiger partial charge in [0.05, 0.1) is 4.32 Å². The van der Waals surface area contributed by atoms with Crippen LogP contribution in [-0.4, -0.2) is 15.2 Å². The van der Waals surface area contributed by atoms with Crippen LogP contribution in [0.1, 0.15) is 19.7 Å². The summed E-state index contributed by atoms with van der Waals surface area (Å²) in [5.74, 6) is 0.850. The van der Waals surface area contributed by atoms with Crippen LogP contribution in [-0.2, 0) is 4.32 Å². The topological polar surface area (TPSA) is 41.6 Å². The van der Waals surface area contributed by atoms with E-state index in [0.29, 0.717) is 0 Å². The van der Waals surface area contributed by atoms with Crippen LogP contribution in [0.4, 0.5) is 0 Å². The Balaban J connectivity index is 2.90. The van der Waals surface area contributed by atoms with Gasteiger partial charge in [-0.25, -0.2) is 4.98 Å². The zero-order chi connectivity index (χ0) is 6.91. The second kappa shape index (κ2) is 2.10. The van der Waals surface area contributed by atoms with Gasteiger partial charge in [0.25, 0.3) is 0 Å². The van der Waals surface area contributed by atoms with E-state index in [9.17, 15) is 0 Å². The van der Waals surface area contributed by atoms with Crippen LogP contribution >= 0.6 is 15.9 Å². The Bertz CT molecular complexity index is 175. The molecule has 50 valence electrons. The summed E-state index contributed by atoms with van der Waals surface area (Å²) >= 11 is 3.43. The summed E-state index contributed by atoms with van der Waals surface area (Å²) in [7, 11) is 0. The number of nitrogens with zero attached hydrogens (tertiary/aromatic N) is 2. The van der Waals surface area contributed by atoms with Crippen LogP contribution in [0.25, 0.3) is 0 Å². The van der Waals surface area contributed by atoms with Crippen LogP contribution < -0.4 is 0 Å². The Labute approximate surface area is 62.0 Å². The molecule has 0 amide bonds. The van der Waals surface area contributed by atoms with Crippen molar-refractivity contribution in [3.8, 4) is 0 Å². The zero-order valence-corrected chi connectivity index (χ0v) is 6.94. The molecule has 1 heterocycles. The van der Waals surface area contributed by atoms with Crippen LogP contribution in [0, 0.1) is 0 Å². The molecule has 0 aliphatic carbocycles. The highest BCUT2D eigenvalue weighted by Gasteiger charge is 2.18. The van der Waals surface area contributed by atoms with Gasteiger partial charge < -0.3 is 0 Å². The largest absolute Gasteiger partial charge is 0.262 e. The summed E-state index contributed by atoms with van der Waals surface area (Å²) in [6.07, 6.45) is 1.50. The average Bonchev–Trinajstić information content (AvgIpc) is 2.08. The van der Waals surface area contributed by atoms with Crippen LogP contribution in [0.5, 0.6) is 0 Å². The zero-order valence-electron chi connectivity index (χ0n) is 5.35. The molecule has 3 nitrogen and oxygen atoms in total. The summed E-state index contributed by atoms with van der Waals surface area (Å²) in [5.41, 5.74) is 0. The second-order valence-electron chi connectivity index (χ2n) is 2.31. The maximum absolute atomic E-state index is 3.97. The van der Waals surface area contributed by atoms with E-state index in [0.717, 1.165) is 5.82 Å². The summed E-state index contributed by atoms with van der Waals surface area (Å²) in [6.45, 7) is 4.01. The Hall–Kier alpha value is -0.380. The summed E-state index contributed by atoms with van der Waals surface area (Å²) in [4.78, 5) is 3.97. The number of nitrogens with one attached hydrogen (secondary N) is 1. The molecule has 0 spiro atoms. The van der Waals surface area contributed by atoms with Crippen LogP contribution in [0.2, 0.25) is 0 Å². The van der Waals surface area contributed by atoms with Gasteiger partial charge in [-0.1, -0.05) is 15.9 Å². The van der Waals surface area contributed by atoms with Crippen molar-refractivity contribution in [3.05, 3.63) is 12.2 Å². The third-order valence-electron chi connectivity index (χ3n) is 0.978. The lowest BCUT2D eigenvalue weighted by Gasteiger charge is -2.10. The van der Waals surface area contributed by atoms with E-state index in [-0.39, 0.29) is 4.32 Å². The molecule has 0 unspecified atom stereocenters. The number of aromatic amines is 1. The van der Waals surface area contributed by atoms with E-state index in [1.165, 1.54) is 6.33 Å². The first-order chi connectivity index (χ1) is 4.11. The normalized spacial score (nSPS) is 11.9. The summed E-state index contributed by atoms with van der Waals surface area (Å²) in [6, 6.07) is 0. The highest BCUT2D eigenvalue weighted by atomic mass is 79.9. The fraction of sp³-hybridized carbons (Fsp3) is 0.600. The molecule has 0 saturated carbocycles. The van der Waals surface area contributed by atoms with E-state index in [2.05, 4.69) is 31.1 Å². The maximum Gasteiger partial charge on any atom is 0.140 e. The summed E-state index contributed by atoms with van der Waals surface area (Å²) in [5, 5.41) is 6.49. The van der Waals surface area contributed by atoms with Gasteiger partial charge in [0.1, 0.15) is 12.2 Å². The molecule has 4 heteroatoms. The Morgan fingerprint density at radius 1 is 1.67 bits per heavy atom. The number of hydrogen-bond acceptors (Lipinski definition) is 2. The lowest BCUT2D eigenvalue weighted by molar-refractivity contribution is 0.729. The lowest BCUT2D eigenvalue weighted by atomic mass is 10.2. The SMILES string of the molecule is CC(C)(Br)c1ncn[nH]1. The minimum absolute atomic E-state index is 0.0938. The molecule has 0 fully saturated rings. The maximum atomic E-state index is 3.97. The standard InChI is InChI=1S/C5H8BrN3/c1-5(2,6)4-7-3-8-9-4/h3H,1-2H3,(H,7,8,9). The van der Waals surface area contributed by atoms with Gasteiger partial charge >= 0.3 is 0 Å². The molecule has 9 heavy (non-hydrogen) atoms. The molecular weight excluding hydrogens is 182 g/mol. The van der Waals surface area contributed by atoms with Gasteiger partial charge in [0.2, 0.25) is 0 Å². The first kappa shape index (κ1) is 6.74. The molecule has 0 radical (unpaired) electrons. The average molecular weight is 190 g/mol. The molecule has 1 N–H and O–H groups in total. The quantitative estimate of drug-likeness (QED) is 0.680. The molecule has 1 rings (SSSR count). The van der Waals surface area contributed by atoms with Crippen molar-refractivity contribution in [3.63, 3.8) is 0 Å². The first-order valence-electron chi connectivity index (χ1n) is 2.65.